The lowest BCUT2D eigenvalue weighted by atomic mass is 9.81. The van der Waals surface area contributed by atoms with Crippen molar-refractivity contribution in [2.45, 2.75) is 18.0 Å². The Labute approximate surface area is 149 Å². The summed E-state index contributed by atoms with van der Waals surface area (Å²) in [6.07, 6.45) is -3.69. The van der Waals surface area contributed by atoms with Gasteiger partial charge in [-0.2, -0.15) is 13.2 Å². The van der Waals surface area contributed by atoms with Crippen LogP contribution in [0.1, 0.15) is 17.5 Å². The molecule has 1 atom stereocenters. The van der Waals surface area contributed by atoms with Gasteiger partial charge in [0.25, 0.3) is 0 Å². The van der Waals surface area contributed by atoms with Crippen LogP contribution in [-0.2, 0) is 16.4 Å². The van der Waals surface area contributed by atoms with Crippen LogP contribution in [0, 0.1) is 0 Å². The molecule has 1 amide bonds. The normalized spacial score (nSPS) is 22.2. The highest BCUT2D eigenvalue weighted by Crippen LogP contribution is 2.48. The van der Waals surface area contributed by atoms with E-state index in [1.54, 1.807) is 4.90 Å². The summed E-state index contributed by atoms with van der Waals surface area (Å²) in [5.74, 6) is -0.0755. The molecule has 2 aliphatic heterocycles. The van der Waals surface area contributed by atoms with Gasteiger partial charge in [-0.3, -0.25) is 9.69 Å². The van der Waals surface area contributed by atoms with Gasteiger partial charge in [-0.25, -0.2) is 0 Å². The van der Waals surface area contributed by atoms with Crippen molar-refractivity contribution in [3.8, 4) is 0 Å². The zero-order valence-corrected chi connectivity index (χ0v) is 14.0. The number of nitrogens with zero attached hydrogens (tertiary/aromatic N) is 1. The molecule has 25 heavy (non-hydrogen) atoms. The average Bonchev–Trinajstić information content (AvgIpc) is 3.14. The van der Waals surface area contributed by atoms with Crippen molar-refractivity contribution in [2.75, 3.05) is 18.0 Å². The van der Waals surface area contributed by atoms with E-state index in [9.17, 15) is 18.0 Å². The molecule has 0 radical (unpaired) electrons. The Morgan fingerprint density at radius 2 is 1.72 bits per heavy atom. The molecule has 7 heteroatoms. The number of alkyl halides is 3. The number of carbonyl (C=O) groups excluding carboxylic acids is 1. The lowest BCUT2D eigenvalue weighted by molar-refractivity contribution is -0.137. The van der Waals surface area contributed by atoms with Gasteiger partial charge in [-0.05, 0) is 48.9 Å². The van der Waals surface area contributed by atoms with Crippen LogP contribution in [0.3, 0.4) is 0 Å². The van der Waals surface area contributed by atoms with Crippen LogP contribution in [0.25, 0.3) is 0 Å². The molecule has 1 spiro atoms. The van der Waals surface area contributed by atoms with Crippen molar-refractivity contribution < 1.29 is 18.0 Å². The Morgan fingerprint density at radius 3 is 2.32 bits per heavy atom. The zero-order valence-electron chi connectivity index (χ0n) is 13.1. The number of carbonyl (C=O) groups is 1. The average molecular weight is 369 g/mol. The van der Waals surface area contributed by atoms with Gasteiger partial charge in [0.05, 0.1) is 16.7 Å². The second kappa shape index (κ2) is 6.04. The lowest BCUT2D eigenvalue weighted by Crippen LogP contribution is -2.40. The summed E-state index contributed by atoms with van der Waals surface area (Å²) in [5, 5.41) is 3.23. The maximum Gasteiger partial charge on any atom is 0.416 e. The number of fused-ring (bicyclic) bond motifs is 2. The minimum Gasteiger partial charge on any atom is -0.315 e. The minimum atomic E-state index is -4.39. The van der Waals surface area contributed by atoms with Gasteiger partial charge >= 0.3 is 6.18 Å². The topological polar surface area (TPSA) is 32.3 Å². The van der Waals surface area contributed by atoms with Gasteiger partial charge < -0.3 is 5.32 Å². The summed E-state index contributed by atoms with van der Waals surface area (Å²) in [4.78, 5) is 14.7. The molecular weight excluding hydrogens is 353 g/mol. The first-order valence-corrected chi connectivity index (χ1v) is 7.75. The highest BCUT2D eigenvalue weighted by atomic mass is 35.5. The van der Waals surface area contributed by atoms with Crippen molar-refractivity contribution in [1.82, 2.24) is 5.32 Å². The van der Waals surface area contributed by atoms with E-state index < -0.39 is 17.2 Å². The Kier molecular flexibility index (Phi) is 4.29. The Bertz CT molecular complexity index is 799. The highest BCUT2D eigenvalue weighted by molar-refractivity contribution is 6.13. The number of hydrogen-bond acceptors (Lipinski definition) is 2. The molecule has 2 aromatic rings. The third-order valence-corrected chi connectivity index (χ3v) is 4.88. The van der Waals surface area contributed by atoms with Crippen molar-refractivity contribution in [3.05, 3.63) is 59.7 Å². The number of anilines is 2. The molecule has 4 rings (SSSR count). The van der Waals surface area contributed by atoms with E-state index in [1.165, 1.54) is 12.1 Å². The maximum atomic E-state index is 13.1. The van der Waals surface area contributed by atoms with E-state index in [1.807, 2.05) is 24.3 Å². The maximum absolute atomic E-state index is 13.1. The van der Waals surface area contributed by atoms with Crippen LogP contribution in [0.4, 0.5) is 24.5 Å². The standard InChI is InChI=1S/C18H15F3N2O.ClH/c19-18(20,21)12-5-7-13(8-6-12)23-15-4-2-1-3-14(15)17(16(23)24)9-10-22-11-17;/h1-8,22H,9-11H2;1H. The minimum absolute atomic E-state index is 0. The summed E-state index contributed by atoms with van der Waals surface area (Å²) in [7, 11) is 0. The first-order valence-electron chi connectivity index (χ1n) is 7.75. The number of rotatable bonds is 1. The molecule has 0 saturated carbocycles. The summed E-state index contributed by atoms with van der Waals surface area (Å²) in [5.41, 5.74) is 0.831. The van der Waals surface area contributed by atoms with Gasteiger partial charge in [0, 0.05) is 12.2 Å². The van der Waals surface area contributed by atoms with Crippen LogP contribution in [0.2, 0.25) is 0 Å². The third kappa shape index (κ3) is 2.60. The van der Waals surface area contributed by atoms with E-state index in [0.717, 1.165) is 29.9 Å². The quantitative estimate of drug-likeness (QED) is 0.824. The van der Waals surface area contributed by atoms with Gasteiger partial charge in [0.15, 0.2) is 0 Å². The molecule has 0 aromatic heterocycles. The summed E-state index contributed by atoms with van der Waals surface area (Å²) in [6.45, 7) is 1.31. The van der Waals surface area contributed by atoms with Crippen molar-refractivity contribution in [3.63, 3.8) is 0 Å². The SMILES string of the molecule is Cl.O=C1N(c2ccc(C(F)(F)F)cc2)c2ccccc2C12CCNC2. The molecule has 2 aromatic carbocycles. The molecule has 0 bridgehead atoms. The van der Waals surface area contributed by atoms with E-state index in [-0.39, 0.29) is 18.3 Å². The first kappa shape index (κ1) is 17.8. The predicted octanol–water partition coefficient (Wildman–Crippen LogP) is 4.04. The van der Waals surface area contributed by atoms with E-state index in [2.05, 4.69) is 5.32 Å². The monoisotopic (exact) mass is 368 g/mol. The number of benzene rings is 2. The molecule has 1 saturated heterocycles. The molecule has 2 heterocycles. The summed E-state index contributed by atoms with van der Waals surface area (Å²) >= 11 is 0. The van der Waals surface area contributed by atoms with Gasteiger partial charge in [-0.1, -0.05) is 18.2 Å². The Hall–Kier alpha value is -2.05. The highest BCUT2D eigenvalue weighted by Gasteiger charge is 2.52. The smallest absolute Gasteiger partial charge is 0.315 e. The molecule has 1 unspecified atom stereocenters. The Balaban J connectivity index is 0.00000182. The van der Waals surface area contributed by atoms with Crippen molar-refractivity contribution in [1.29, 1.82) is 0 Å². The summed E-state index contributed by atoms with van der Waals surface area (Å²) < 4.78 is 38.3. The van der Waals surface area contributed by atoms with E-state index >= 15 is 0 Å². The lowest BCUT2D eigenvalue weighted by Gasteiger charge is -2.23. The fourth-order valence-corrected chi connectivity index (χ4v) is 3.67. The summed E-state index contributed by atoms with van der Waals surface area (Å²) in [6, 6.07) is 12.3. The number of hydrogen-bond donors (Lipinski definition) is 1. The predicted molar refractivity (Wildman–Crippen MR) is 91.4 cm³/mol. The Morgan fingerprint density at radius 1 is 1.04 bits per heavy atom. The number of amides is 1. The van der Waals surface area contributed by atoms with Crippen LogP contribution in [0.15, 0.2) is 48.5 Å². The molecule has 2 aliphatic rings. The fraction of sp³-hybridized carbons (Fsp3) is 0.278. The van der Waals surface area contributed by atoms with E-state index in [0.29, 0.717) is 18.7 Å². The van der Waals surface area contributed by atoms with Crippen molar-refractivity contribution in [2.24, 2.45) is 0 Å². The molecule has 1 N–H and O–H groups in total. The van der Waals surface area contributed by atoms with Crippen LogP contribution in [0.5, 0.6) is 0 Å². The van der Waals surface area contributed by atoms with Crippen LogP contribution >= 0.6 is 12.4 Å². The second-order valence-corrected chi connectivity index (χ2v) is 6.21. The van der Waals surface area contributed by atoms with Crippen LogP contribution in [-0.4, -0.2) is 19.0 Å². The van der Waals surface area contributed by atoms with Crippen LogP contribution < -0.4 is 10.2 Å². The van der Waals surface area contributed by atoms with Gasteiger partial charge in [-0.15, -0.1) is 12.4 Å². The molecule has 3 nitrogen and oxygen atoms in total. The molecular formula is C18H16ClF3N2O. The molecule has 132 valence electrons. The largest absolute Gasteiger partial charge is 0.416 e. The number of halogens is 4. The molecule has 1 fully saturated rings. The molecule has 0 aliphatic carbocycles. The van der Waals surface area contributed by atoms with Crippen molar-refractivity contribution >= 4 is 29.7 Å². The van der Waals surface area contributed by atoms with Gasteiger partial charge in [0.2, 0.25) is 5.91 Å². The number of para-hydroxylation sites is 1. The first-order chi connectivity index (χ1) is 11.4. The third-order valence-electron chi connectivity index (χ3n) is 4.88. The van der Waals surface area contributed by atoms with Gasteiger partial charge in [0.1, 0.15) is 0 Å². The number of nitrogens with one attached hydrogen (secondary N) is 1. The van der Waals surface area contributed by atoms with E-state index in [4.69, 9.17) is 0 Å². The zero-order chi connectivity index (χ0) is 16.9. The second-order valence-electron chi connectivity index (χ2n) is 6.21. The fourth-order valence-electron chi connectivity index (χ4n) is 3.67.